The molecule has 0 unspecified atom stereocenters. The monoisotopic (exact) mass is 195 g/mol. The smallest absolute Gasteiger partial charge is 0.224 e. The summed E-state index contributed by atoms with van der Waals surface area (Å²) in [6, 6.07) is 1.07. The van der Waals surface area contributed by atoms with E-state index in [1.54, 1.807) is 0 Å². The Kier molecular flexibility index (Phi) is 2.57. The molecule has 5 heteroatoms. The van der Waals surface area contributed by atoms with Crippen molar-refractivity contribution in [3.05, 3.63) is 28.3 Å². The van der Waals surface area contributed by atoms with Gasteiger partial charge in [-0.05, 0) is 13.0 Å². The second-order valence-corrected chi connectivity index (χ2v) is 2.64. The number of hydrogen-bond donors (Lipinski definition) is 0. The van der Waals surface area contributed by atoms with Crippen LogP contribution in [0, 0.1) is 12.9 Å². The van der Waals surface area contributed by atoms with E-state index in [4.69, 9.17) is 11.6 Å². The van der Waals surface area contributed by atoms with Gasteiger partial charge in [0.25, 0.3) is 6.43 Å². The molecular weight excluding hydrogens is 191 g/mol. The highest BCUT2D eigenvalue weighted by molar-refractivity contribution is 6.31. The van der Waals surface area contributed by atoms with Gasteiger partial charge < -0.3 is 0 Å². The van der Waals surface area contributed by atoms with Crippen molar-refractivity contribution in [1.29, 1.82) is 0 Å². The normalized spacial score (nSPS) is 10.8. The first-order chi connectivity index (χ1) is 5.52. The Morgan fingerprint density at radius 1 is 1.50 bits per heavy atom. The molecule has 1 nitrogen and oxygen atoms in total. The molecule has 0 bridgehead atoms. The van der Waals surface area contributed by atoms with Gasteiger partial charge in [-0.25, -0.2) is 13.8 Å². The number of pyridine rings is 1. The Labute approximate surface area is 72.2 Å². The van der Waals surface area contributed by atoms with Gasteiger partial charge >= 0.3 is 0 Å². The zero-order valence-electron chi connectivity index (χ0n) is 6.11. The molecule has 0 spiro atoms. The summed E-state index contributed by atoms with van der Waals surface area (Å²) < 4.78 is 36.8. The summed E-state index contributed by atoms with van der Waals surface area (Å²) in [7, 11) is 0. The first-order valence-corrected chi connectivity index (χ1v) is 3.51. The first kappa shape index (κ1) is 9.32. The van der Waals surface area contributed by atoms with E-state index < -0.39 is 23.0 Å². The third-order valence-corrected chi connectivity index (χ3v) is 1.68. The predicted molar refractivity (Wildman–Crippen MR) is 38.9 cm³/mol. The Bertz CT molecular complexity index is 301. The van der Waals surface area contributed by atoms with Gasteiger partial charge in [-0.3, -0.25) is 0 Å². The number of hydrogen-bond acceptors (Lipinski definition) is 1. The molecule has 0 radical (unpaired) electrons. The average molecular weight is 196 g/mol. The van der Waals surface area contributed by atoms with Crippen LogP contribution in [0.4, 0.5) is 13.2 Å². The van der Waals surface area contributed by atoms with Gasteiger partial charge in [-0.15, -0.1) is 0 Å². The highest BCUT2D eigenvalue weighted by atomic mass is 35.5. The zero-order chi connectivity index (χ0) is 9.30. The van der Waals surface area contributed by atoms with Gasteiger partial charge in [-0.2, -0.15) is 4.39 Å². The lowest BCUT2D eigenvalue weighted by Crippen LogP contribution is -1.95. The Hall–Kier alpha value is -0.770. The largest absolute Gasteiger partial charge is 0.265 e. The van der Waals surface area contributed by atoms with Gasteiger partial charge in [0.2, 0.25) is 5.95 Å². The van der Waals surface area contributed by atoms with Crippen LogP contribution < -0.4 is 0 Å². The molecule has 1 rings (SSSR count). The maximum Gasteiger partial charge on any atom is 0.265 e. The fraction of sp³-hybridized carbons (Fsp3) is 0.286. The lowest BCUT2D eigenvalue weighted by Gasteiger charge is -2.03. The minimum atomic E-state index is -2.77. The second-order valence-electron chi connectivity index (χ2n) is 2.26. The molecular formula is C7H5ClF3N. The summed E-state index contributed by atoms with van der Waals surface area (Å²) >= 11 is 5.24. The third-order valence-electron chi connectivity index (χ3n) is 1.31. The van der Waals surface area contributed by atoms with Crippen LogP contribution >= 0.6 is 11.6 Å². The fourth-order valence-corrected chi connectivity index (χ4v) is 0.982. The van der Waals surface area contributed by atoms with Crippen LogP contribution in [0.1, 0.15) is 17.7 Å². The second kappa shape index (κ2) is 3.31. The zero-order valence-corrected chi connectivity index (χ0v) is 6.87. The SMILES string of the molecule is Cc1cc(C(F)F)c(Cl)c(F)n1. The molecule has 66 valence electrons. The minimum Gasteiger partial charge on any atom is -0.224 e. The number of aryl methyl sites for hydroxylation is 1. The molecule has 0 saturated carbocycles. The maximum absolute atomic E-state index is 12.6. The molecule has 1 aromatic rings. The Balaban J connectivity index is 3.28. The van der Waals surface area contributed by atoms with Crippen LogP contribution in [0.3, 0.4) is 0 Å². The summed E-state index contributed by atoms with van der Waals surface area (Å²) in [5, 5.41) is -0.601. The van der Waals surface area contributed by atoms with Crippen molar-refractivity contribution in [2.24, 2.45) is 0 Å². The first-order valence-electron chi connectivity index (χ1n) is 3.13. The van der Waals surface area contributed by atoms with E-state index in [9.17, 15) is 13.2 Å². The minimum absolute atomic E-state index is 0.187. The van der Waals surface area contributed by atoms with Crippen molar-refractivity contribution in [2.45, 2.75) is 13.3 Å². The molecule has 0 fully saturated rings. The van der Waals surface area contributed by atoms with Crippen LogP contribution in [-0.2, 0) is 0 Å². The van der Waals surface area contributed by atoms with Gasteiger partial charge in [0, 0.05) is 11.3 Å². The van der Waals surface area contributed by atoms with Crippen molar-refractivity contribution in [1.82, 2.24) is 4.98 Å². The molecule has 0 atom stereocenters. The van der Waals surface area contributed by atoms with E-state index in [0.29, 0.717) is 0 Å². The molecule has 0 aliphatic rings. The molecule has 0 amide bonds. The molecule has 0 aliphatic heterocycles. The summed E-state index contributed by atoms with van der Waals surface area (Å²) in [5.41, 5.74) is -0.325. The lowest BCUT2D eigenvalue weighted by molar-refractivity contribution is 0.150. The van der Waals surface area contributed by atoms with E-state index in [1.807, 2.05) is 0 Å². The molecule has 0 aliphatic carbocycles. The van der Waals surface area contributed by atoms with Crippen molar-refractivity contribution in [2.75, 3.05) is 0 Å². The summed E-state index contributed by atoms with van der Waals surface area (Å²) in [4.78, 5) is 3.28. The van der Waals surface area contributed by atoms with Gasteiger partial charge in [0.15, 0.2) is 0 Å². The van der Waals surface area contributed by atoms with Crippen LogP contribution in [-0.4, -0.2) is 4.98 Å². The van der Waals surface area contributed by atoms with Gasteiger partial charge in [0.1, 0.15) is 5.02 Å². The average Bonchev–Trinajstić information content (AvgIpc) is 1.96. The van der Waals surface area contributed by atoms with Crippen molar-refractivity contribution in [3.63, 3.8) is 0 Å². The summed E-state index contributed by atoms with van der Waals surface area (Å²) in [6.45, 7) is 1.42. The number of rotatable bonds is 1. The van der Waals surface area contributed by atoms with E-state index in [1.165, 1.54) is 6.92 Å². The standard InChI is InChI=1S/C7H5ClF3N/c1-3-2-4(6(9)10)5(8)7(11)12-3/h2,6H,1H3. The summed E-state index contributed by atoms with van der Waals surface area (Å²) in [5.74, 6) is -1.05. The van der Waals surface area contributed by atoms with E-state index >= 15 is 0 Å². The number of aromatic nitrogens is 1. The van der Waals surface area contributed by atoms with Crippen LogP contribution in [0.2, 0.25) is 5.02 Å². The number of nitrogens with zero attached hydrogens (tertiary/aromatic N) is 1. The molecule has 0 aromatic carbocycles. The topological polar surface area (TPSA) is 12.9 Å². The Morgan fingerprint density at radius 2 is 2.08 bits per heavy atom. The van der Waals surface area contributed by atoms with Crippen molar-refractivity contribution in [3.8, 4) is 0 Å². The quantitative estimate of drug-likeness (QED) is 0.628. The molecule has 0 N–H and O–H groups in total. The van der Waals surface area contributed by atoms with Gasteiger partial charge in [-0.1, -0.05) is 11.6 Å². The highest BCUT2D eigenvalue weighted by Crippen LogP contribution is 2.28. The fourth-order valence-electron chi connectivity index (χ4n) is 0.802. The van der Waals surface area contributed by atoms with Gasteiger partial charge in [0.05, 0.1) is 0 Å². The van der Waals surface area contributed by atoms with E-state index in [2.05, 4.69) is 4.98 Å². The lowest BCUT2D eigenvalue weighted by atomic mass is 10.2. The molecule has 1 aromatic heterocycles. The van der Waals surface area contributed by atoms with Crippen molar-refractivity contribution >= 4 is 11.6 Å². The predicted octanol–water partition coefficient (Wildman–Crippen LogP) is 3.12. The Morgan fingerprint density at radius 3 is 2.58 bits per heavy atom. The molecule has 12 heavy (non-hydrogen) atoms. The van der Waals surface area contributed by atoms with Crippen LogP contribution in [0.25, 0.3) is 0 Å². The highest BCUT2D eigenvalue weighted by Gasteiger charge is 2.16. The third kappa shape index (κ3) is 1.69. The molecule has 0 saturated heterocycles. The maximum atomic E-state index is 12.6. The van der Waals surface area contributed by atoms with Crippen LogP contribution in [0.15, 0.2) is 6.07 Å². The van der Waals surface area contributed by atoms with Crippen LogP contribution in [0.5, 0.6) is 0 Å². The molecule has 1 heterocycles. The number of halogens is 4. The van der Waals surface area contributed by atoms with E-state index in [0.717, 1.165) is 6.07 Å². The van der Waals surface area contributed by atoms with Crippen molar-refractivity contribution < 1.29 is 13.2 Å². The number of alkyl halides is 2. The van der Waals surface area contributed by atoms with E-state index in [-0.39, 0.29) is 5.69 Å². The summed E-state index contributed by atoms with van der Waals surface area (Å²) in [6.07, 6.45) is -2.77.